The molecule has 0 aromatic carbocycles. The average Bonchev–Trinajstić information content (AvgIpc) is 3.11. The van der Waals surface area contributed by atoms with Crippen molar-refractivity contribution in [3.05, 3.63) is 30.1 Å². The first-order chi connectivity index (χ1) is 9.75. The number of carbonyl (C=O) groups excluding carboxylic acids is 1. The lowest BCUT2D eigenvalue weighted by Gasteiger charge is -2.28. The zero-order valence-corrected chi connectivity index (χ0v) is 11.4. The molecule has 3 heterocycles. The minimum Gasteiger partial charge on any atom is -0.391 e. The average molecular weight is 276 g/mol. The van der Waals surface area contributed by atoms with Crippen molar-refractivity contribution >= 4 is 5.91 Å². The van der Waals surface area contributed by atoms with Crippen LogP contribution in [0.2, 0.25) is 0 Å². The minimum atomic E-state index is -0.443. The summed E-state index contributed by atoms with van der Waals surface area (Å²) in [5.74, 6) is 0.102. The van der Waals surface area contributed by atoms with Crippen LogP contribution in [-0.2, 0) is 16.0 Å². The van der Waals surface area contributed by atoms with Crippen molar-refractivity contribution in [1.82, 2.24) is 9.88 Å². The number of pyridine rings is 1. The number of amides is 1. The number of hydrogen-bond donors (Lipinski definition) is 1. The van der Waals surface area contributed by atoms with Crippen LogP contribution < -0.4 is 0 Å². The largest absolute Gasteiger partial charge is 0.391 e. The maximum absolute atomic E-state index is 12.5. The fourth-order valence-electron chi connectivity index (χ4n) is 3.08. The van der Waals surface area contributed by atoms with Crippen LogP contribution in [0.1, 0.15) is 18.4 Å². The summed E-state index contributed by atoms with van der Waals surface area (Å²) in [4.78, 5) is 18.5. The Balaban J connectivity index is 1.71. The van der Waals surface area contributed by atoms with Crippen LogP contribution in [0.4, 0.5) is 0 Å². The molecule has 2 aliphatic heterocycles. The van der Waals surface area contributed by atoms with Crippen LogP contribution >= 0.6 is 0 Å². The van der Waals surface area contributed by atoms with Crippen molar-refractivity contribution in [2.45, 2.75) is 31.4 Å². The van der Waals surface area contributed by atoms with Gasteiger partial charge >= 0.3 is 0 Å². The number of hydrogen-bond acceptors (Lipinski definition) is 4. The topological polar surface area (TPSA) is 62.7 Å². The van der Waals surface area contributed by atoms with Gasteiger partial charge in [0.05, 0.1) is 24.7 Å². The molecule has 108 valence electrons. The first-order valence-corrected chi connectivity index (χ1v) is 7.21. The molecule has 3 atom stereocenters. The molecule has 0 bridgehead atoms. The van der Waals surface area contributed by atoms with Crippen LogP contribution in [0, 0.1) is 5.92 Å². The van der Waals surface area contributed by atoms with Crippen LogP contribution in [0.15, 0.2) is 24.5 Å². The summed E-state index contributed by atoms with van der Waals surface area (Å²) in [6.07, 6.45) is 5.20. The minimum absolute atomic E-state index is 0.0308. The smallest absolute Gasteiger partial charge is 0.228 e. The Morgan fingerprint density at radius 1 is 1.50 bits per heavy atom. The maximum atomic E-state index is 12.5. The molecule has 5 heteroatoms. The molecule has 2 aliphatic rings. The van der Waals surface area contributed by atoms with E-state index in [-0.39, 0.29) is 17.9 Å². The van der Waals surface area contributed by atoms with E-state index in [4.69, 9.17) is 4.74 Å². The summed E-state index contributed by atoms with van der Waals surface area (Å²) in [5.41, 5.74) is 1.05. The van der Waals surface area contributed by atoms with E-state index in [1.165, 1.54) is 0 Å². The second-order valence-electron chi connectivity index (χ2n) is 5.58. The molecule has 1 unspecified atom stereocenters. The Morgan fingerprint density at radius 3 is 3.10 bits per heavy atom. The molecule has 1 aromatic heterocycles. The highest BCUT2D eigenvalue weighted by atomic mass is 16.5. The molecule has 2 saturated heterocycles. The first kappa shape index (κ1) is 13.5. The summed E-state index contributed by atoms with van der Waals surface area (Å²) < 4.78 is 5.30. The van der Waals surface area contributed by atoms with Crippen LogP contribution in [0.25, 0.3) is 0 Å². The molecular formula is C15H20N2O3. The fraction of sp³-hybridized carbons (Fsp3) is 0.600. The van der Waals surface area contributed by atoms with E-state index in [2.05, 4.69) is 4.98 Å². The number of aliphatic hydroxyl groups is 1. The molecule has 0 radical (unpaired) electrons. The molecule has 1 aromatic rings. The highest BCUT2D eigenvalue weighted by molar-refractivity contribution is 5.80. The molecule has 20 heavy (non-hydrogen) atoms. The van der Waals surface area contributed by atoms with E-state index >= 15 is 0 Å². The van der Waals surface area contributed by atoms with Crippen LogP contribution in [-0.4, -0.2) is 52.8 Å². The predicted octanol–water partition coefficient (Wildman–Crippen LogP) is 0.622. The van der Waals surface area contributed by atoms with E-state index in [0.29, 0.717) is 32.6 Å². The summed E-state index contributed by atoms with van der Waals surface area (Å²) >= 11 is 0. The number of aliphatic hydroxyl groups excluding tert-OH is 1. The molecule has 0 aliphatic carbocycles. The number of ether oxygens (including phenoxy) is 1. The number of nitrogens with zero attached hydrogens (tertiary/aromatic N) is 2. The van der Waals surface area contributed by atoms with Gasteiger partial charge in [0.25, 0.3) is 0 Å². The number of aromatic nitrogens is 1. The third-order valence-corrected chi connectivity index (χ3v) is 4.24. The lowest BCUT2D eigenvalue weighted by molar-refractivity contribution is -0.137. The van der Waals surface area contributed by atoms with Crippen molar-refractivity contribution in [2.75, 3.05) is 19.8 Å². The zero-order chi connectivity index (χ0) is 13.9. The van der Waals surface area contributed by atoms with E-state index in [0.717, 1.165) is 12.0 Å². The Kier molecular flexibility index (Phi) is 3.98. The molecular weight excluding hydrogens is 256 g/mol. The molecule has 0 saturated carbocycles. The number of carbonyl (C=O) groups is 1. The molecule has 3 rings (SSSR count). The van der Waals surface area contributed by atoms with Gasteiger partial charge in [0.1, 0.15) is 0 Å². The van der Waals surface area contributed by atoms with Gasteiger partial charge in [-0.25, -0.2) is 0 Å². The van der Waals surface area contributed by atoms with Crippen LogP contribution in [0.3, 0.4) is 0 Å². The predicted molar refractivity (Wildman–Crippen MR) is 73.0 cm³/mol. The van der Waals surface area contributed by atoms with Crippen molar-refractivity contribution in [3.63, 3.8) is 0 Å². The van der Waals surface area contributed by atoms with Crippen molar-refractivity contribution in [1.29, 1.82) is 0 Å². The molecule has 1 N–H and O–H groups in total. The van der Waals surface area contributed by atoms with Gasteiger partial charge in [-0.05, 0) is 30.9 Å². The normalized spacial score (nSPS) is 29.9. The number of likely N-dealkylation sites (tertiary alicyclic amines) is 1. The Hall–Kier alpha value is -1.46. The van der Waals surface area contributed by atoms with Gasteiger partial charge in [-0.15, -0.1) is 0 Å². The monoisotopic (exact) mass is 276 g/mol. The van der Waals surface area contributed by atoms with Crippen molar-refractivity contribution in [3.8, 4) is 0 Å². The molecule has 0 spiro atoms. The highest BCUT2D eigenvalue weighted by Gasteiger charge is 2.39. The Morgan fingerprint density at radius 2 is 2.40 bits per heavy atom. The second kappa shape index (κ2) is 5.89. The summed E-state index contributed by atoms with van der Waals surface area (Å²) in [6, 6.07) is 3.74. The third-order valence-electron chi connectivity index (χ3n) is 4.24. The third kappa shape index (κ3) is 2.69. The van der Waals surface area contributed by atoms with Crippen LogP contribution in [0.5, 0.6) is 0 Å². The molecule has 1 amide bonds. The fourth-order valence-corrected chi connectivity index (χ4v) is 3.08. The summed E-state index contributed by atoms with van der Waals surface area (Å²) in [5, 5.41) is 10.2. The van der Waals surface area contributed by atoms with Gasteiger partial charge in [0, 0.05) is 25.5 Å². The van der Waals surface area contributed by atoms with E-state index in [9.17, 15) is 9.90 Å². The first-order valence-electron chi connectivity index (χ1n) is 7.21. The molecule has 2 fully saturated rings. The van der Waals surface area contributed by atoms with Gasteiger partial charge in [-0.1, -0.05) is 6.07 Å². The van der Waals surface area contributed by atoms with E-state index in [1.54, 1.807) is 12.4 Å². The standard InChI is InChI=1S/C15H20N2O3/c18-14-3-6-17(15(19)12-4-7-20-10-12)13(14)8-11-2-1-5-16-9-11/h1-2,5,9,12-14,18H,3-4,6-8,10H2/t12?,13-,14-/m0/s1. The van der Waals surface area contributed by atoms with E-state index in [1.807, 2.05) is 17.0 Å². The maximum Gasteiger partial charge on any atom is 0.228 e. The van der Waals surface area contributed by atoms with E-state index < -0.39 is 6.10 Å². The Bertz CT molecular complexity index is 459. The van der Waals surface area contributed by atoms with Gasteiger partial charge in [-0.2, -0.15) is 0 Å². The lowest BCUT2D eigenvalue weighted by atomic mass is 10.0. The molecule has 5 nitrogen and oxygen atoms in total. The van der Waals surface area contributed by atoms with Crippen molar-refractivity contribution in [2.24, 2.45) is 5.92 Å². The summed E-state index contributed by atoms with van der Waals surface area (Å²) in [6.45, 7) is 1.83. The van der Waals surface area contributed by atoms with Gasteiger partial charge in [0.2, 0.25) is 5.91 Å². The highest BCUT2D eigenvalue weighted by Crippen LogP contribution is 2.26. The van der Waals surface area contributed by atoms with Crippen molar-refractivity contribution < 1.29 is 14.6 Å². The quantitative estimate of drug-likeness (QED) is 0.879. The Labute approximate surface area is 118 Å². The van der Waals surface area contributed by atoms with Gasteiger partial charge < -0.3 is 14.7 Å². The number of rotatable bonds is 3. The summed E-state index contributed by atoms with van der Waals surface area (Å²) in [7, 11) is 0. The zero-order valence-electron chi connectivity index (χ0n) is 11.4. The lowest BCUT2D eigenvalue weighted by Crippen LogP contribution is -2.44. The SMILES string of the molecule is O=C(C1CCOC1)N1CC[C@H](O)[C@@H]1Cc1cccnc1. The van der Waals surface area contributed by atoms with Gasteiger partial charge in [0.15, 0.2) is 0 Å². The van der Waals surface area contributed by atoms with Gasteiger partial charge in [-0.3, -0.25) is 9.78 Å². The second-order valence-corrected chi connectivity index (χ2v) is 5.58.